The van der Waals surface area contributed by atoms with Crippen molar-refractivity contribution in [1.29, 1.82) is 0 Å². The fraction of sp³-hybridized carbons (Fsp3) is 0.333. The van der Waals surface area contributed by atoms with E-state index >= 15 is 0 Å². The van der Waals surface area contributed by atoms with E-state index in [1.165, 1.54) is 26.2 Å². The van der Waals surface area contributed by atoms with Crippen LogP contribution in [0.2, 0.25) is 0 Å². The molecule has 1 fully saturated rings. The van der Waals surface area contributed by atoms with Gasteiger partial charge in [0.1, 0.15) is 6.61 Å². The number of carbonyl (C=O) groups is 1. The molecule has 0 heterocycles. The molecule has 2 unspecified atom stereocenters. The van der Waals surface area contributed by atoms with Crippen LogP contribution < -0.4 is 5.06 Å². The summed E-state index contributed by atoms with van der Waals surface area (Å²) in [4.78, 5) is 22.3. The number of amides is 1. The summed E-state index contributed by atoms with van der Waals surface area (Å²) in [5, 5.41) is 5.15. The van der Waals surface area contributed by atoms with E-state index in [1.54, 1.807) is 6.07 Å². The van der Waals surface area contributed by atoms with Crippen LogP contribution in [0.15, 0.2) is 59.8 Å². The van der Waals surface area contributed by atoms with Crippen LogP contribution in [0.25, 0.3) is 0 Å². The molecule has 0 aromatic heterocycles. The van der Waals surface area contributed by atoms with Gasteiger partial charge in [-0.3, -0.25) is 4.84 Å². The van der Waals surface area contributed by atoms with Gasteiger partial charge in [-0.25, -0.2) is 4.79 Å². The van der Waals surface area contributed by atoms with Crippen LogP contribution in [0.3, 0.4) is 0 Å². The minimum atomic E-state index is -0.603. The minimum absolute atomic E-state index is 0.232. The highest BCUT2D eigenvalue weighted by molar-refractivity contribution is 5.86. The van der Waals surface area contributed by atoms with Gasteiger partial charge in [-0.05, 0) is 36.3 Å². The van der Waals surface area contributed by atoms with Crippen molar-refractivity contribution in [3.05, 3.63) is 65.7 Å². The second-order valence-corrected chi connectivity index (χ2v) is 6.39. The maximum atomic E-state index is 11.8. The van der Waals surface area contributed by atoms with Gasteiger partial charge in [-0.1, -0.05) is 53.7 Å². The standard InChI is InChI=1S/C21H24N2O4/c1-25-21(24)23(26-2)20-11-7-6-10-18(20)15-27-22-13-12-17-14-19(17)16-8-4-3-5-9-16/h3-11,13,17,19H,12,14-15H2,1-2H3. The van der Waals surface area contributed by atoms with Gasteiger partial charge in [0.2, 0.25) is 0 Å². The molecule has 1 saturated carbocycles. The minimum Gasteiger partial charge on any atom is -0.451 e. The summed E-state index contributed by atoms with van der Waals surface area (Å²) < 4.78 is 4.73. The molecule has 0 bridgehead atoms. The first kappa shape index (κ1) is 18.9. The van der Waals surface area contributed by atoms with Gasteiger partial charge in [-0.2, -0.15) is 5.06 Å². The molecule has 0 spiro atoms. The van der Waals surface area contributed by atoms with Gasteiger partial charge in [0.25, 0.3) is 0 Å². The molecule has 3 rings (SSSR count). The van der Waals surface area contributed by atoms with E-state index in [0.717, 1.165) is 17.0 Å². The van der Waals surface area contributed by atoms with E-state index in [-0.39, 0.29) is 6.61 Å². The molecular weight excluding hydrogens is 344 g/mol. The summed E-state index contributed by atoms with van der Waals surface area (Å²) in [6.45, 7) is 0.232. The number of carbonyl (C=O) groups excluding carboxylic acids is 1. The van der Waals surface area contributed by atoms with E-state index in [0.29, 0.717) is 17.5 Å². The SMILES string of the molecule is COC(=O)N(OC)c1ccccc1CON=CCC1CC1c1ccccc1. The summed E-state index contributed by atoms with van der Waals surface area (Å²) in [6, 6.07) is 17.9. The van der Waals surface area contributed by atoms with Gasteiger partial charge in [0.05, 0.1) is 19.9 Å². The van der Waals surface area contributed by atoms with E-state index < -0.39 is 6.09 Å². The molecular formula is C21H24N2O4. The second-order valence-electron chi connectivity index (χ2n) is 6.39. The number of nitrogens with zero attached hydrogens (tertiary/aromatic N) is 2. The van der Waals surface area contributed by atoms with Crippen molar-refractivity contribution in [3.63, 3.8) is 0 Å². The van der Waals surface area contributed by atoms with Crippen molar-refractivity contribution in [1.82, 2.24) is 0 Å². The first-order valence-corrected chi connectivity index (χ1v) is 8.93. The molecule has 0 radical (unpaired) electrons. The summed E-state index contributed by atoms with van der Waals surface area (Å²) in [7, 11) is 2.71. The van der Waals surface area contributed by atoms with Crippen molar-refractivity contribution < 1.29 is 19.2 Å². The van der Waals surface area contributed by atoms with E-state index in [4.69, 9.17) is 14.4 Å². The zero-order chi connectivity index (χ0) is 19.1. The number of methoxy groups -OCH3 is 1. The third-order valence-corrected chi connectivity index (χ3v) is 4.66. The smallest absolute Gasteiger partial charge is 0.438 e. The molecule has 6 nitrogen and oxygen atoms in total. The van der Waals surface area contributed by atoms with Gasteiger partial charge >= 0.3 is 6.09 Å². The zero-order valence-electron chi connectivity index (χ0n) is 15.6. The lowest BCUT2D eigenvalue weighted by Gasteiger charge is -2.20. The number of oxime groups is 1. The van der Waals surface area contributed by atoms with Crippen LogP contribution in [0.5, 0.6) is 0 Å². The van der Waals surface area contributed by atoms with Crippen LogP contribution >= 0.6 is 0 Å². The molecule has 27 heavy (non-hydrogen) atoms. The summed E-state index contributed by atoms with van der Waals surface area (Å²) in [5.74, 6) is 1.27. The molecule has 1 aliphatic rings. The second kappa shape index (κ2) is 9.19. The van der Waals surface area contributed by atoms with Crippen LogP contribution in [-0.4, -0.2) is 26.5 Å². The Morgan fingerprint density at radius 3 is 2.63 bits per heavy atom. The van der Waals surface area contributed by atoms with Gasteiger partial charge in [0, 0.05) is 11.8 Å². The Morgan fingerprint density at radius 1 is 1.15 bits per heavy atom. The van der Waals surface area contributed by atoms with E-state index in [9.17, 15) is 4.79 Å². The lowest BCUT2D eigenvalue weighted by molar-refractivity contribution is 0.111. The summed E-state index contributed by atoms with van der Waals surface area (Å²) in [6.07, 6.45) is 3.31. The number of para-hydroxylation sites is 1. The van der Waals surface area contributed by atoms with Crippen LogP contribution in [0.4, 0.5) is 10.5 Å². The molecule has 1 amide bonds. The topological polar surface area (TPSA) is 60.4 Å². The maximum absolute atomic E-state index is 11.8. The van der Waals surface area contributed by atoms with Crippen molar-refractivity contribution in [2.45, 2.75) is 25.4 Å². The Labute approximate surface area is 159 Å². The maximum Gasteiger partial charge on any atom is 0.438 e. The molecule has 0 N–H and O–H groups in total. The molecule has 0 aliphatic heterocycles. The quantitative estimate of drug-likeness (QED) is 0.508. The fourth-order valence-corrected chi connectivity index (χ4v) is 3.14. The van der Waals surface area contributed by atoms with Crippen molar-refractivity contribution >= 4 is 18.0 Å². The number of hydrogen-bond acceptors (Lipinski definition) is 5. The Morgan fingerprint density at radius 2 is 1.89 bits per heavy atom. The zero-order valence-corrected chi connectivity index (χ0v) is 15.6. The van der Waals surface area contributed by atoms with Crippen molar-refractivity contribution in [2.24, 2.45) is 11.1 Å². The van der Waals surface area contributed by atoms with E-state index in [2.05, 4.69) is 29.4 Å². The Hall–Kier alpha value is -2.86. The average molecular weight is 368 g/mol. The largest absolute Gasteiger partial charge is 0.451 e. The highest BCUT2D eigenvalue weighted by atomic mass is 16.7. The van der Waals surface area contributed by atoms with Gasteiger partial charge in [0.15, 0.2) is 0 Å². The Kier molecular flexibility index (Phi) is 6.44. The molecule has 1 aliphatic carbocycles. The molecule has 6 heteroatoms. The van der Waals surface area contributed by atoms with Gasteiger partial charge < -0.3 is 9.57 Å². The Balaban J connectivity index is 1.50. The highest BCUT2D eigenvalue weighted by Gasteiger charge is 2.37. The predicted molar refractivity (Wildman–Crippen MR) is 104 cm³/mol. The number of hydroxylamine groups is 1. The first-order valence-electron chi connectivity index (χ1n) is 8.93. The molecule has 0 saturated heterocycles. The normalized spacial score (nSPS) is 18.3. The van der Waals surface area contributed by atoms with Crippen molar-refractivity contribution in [2.75, 3.05) is 19.3 Å². The highest BCUT2D eigenvalue weighted by Crippen LogP contribution is 2.48. The number of rotatable bonds is 8. The lowest BCUT2D eigenvalue weighted by Crippen LogP contribution is -2.30. The third kappa shape index (κ3) is 4.86. The van der Waals surface area contributed by atoms with Crippen LogP contribution in [0.1, 0.15) is 29.9 Å². The lowest BCUT2D eigenvalue weighted by atomic mass is 10.1. The monoisotopic (exact) mass is 368 g/mol. The predicted octanol–water partition coefficient (Wildman–Crippen LogP) is 4.52. The number of hydrogen-bond donors (Lipinski definition) is 0. The summed E-state index contributed by atoms with van der Waals surface area (Å²) in [5.41, 5.74) is 2.73. The van der Waals surface area contributed by atoms with Crippen molar-refractivity contribution in [3.8, 4) is 0 Å². The third-order valence-electron chi connectivity index (χ3n) is 4.66. The average Bonchev–Trinajstić information content (AvgIpc) is 3.49. The number of anilines is 1. The molecule has 2 atom stereocenters. The molecule has 2 aromatic rings. The molecule has 2 aromatic carbocycles. The Bertz CT molecular complexity index is 779. The molecule has 142 valence electrons. The van der Waals surface area contributed by atoms with E-state index in [1.807, 2.05) is 30.5 Å². The number of ether oxygens (including phenoxy) is 1. The first-order chi connectivity index (χ1) is 13.2. The van der Waals surface area contributed by atoms with Gasteiger partial charge in [-0.15, -0.1) is 0 Å². The van der Waals surface area contributed by atoms with Crippen LogP contribution in [0, 0.1) is 5.92 Å². The van der Waals surface area contributed by atoms with Crippen LogP contribution in [-0.2, 0) is 21.0 Å². The fourth-order valence-electron chi connectivity index (χ4n) is 3.14. The number of benzene rings is 2. The summed E-state index contributed by atoms with van der Waals surface area (Å²) >= 11 is 0.